The summed E-state index contributed by atoms with van der Waals surface area (Å²) in [6.07, 6.45) is 2.95. The number of nitrogens with one attached hydrogen (secondary N) is 2. The topological polar surface area (TPSA) is 84.8 Å². The molecule has 0 bridgehead atoms. The second-order valence-corrected chi connectivity index (χ2v) is 8.28. The van der Waals surface area contributed by atoms with Crippen LogP contribution in [0.15, 0.2) is 60.8 Å². The van der Waals surface area contributed by atoms with Crippen LogP contribution in [0.5, 0.6) is 11.5 Å². The van der Waals surface area contributed by atoms with Crippen molar-refractivity contribution in [3.8, 4) is 11.5 Å². The number of rotatable bonds is 5. The lowest BCUT2D eigenvalue weighted by Gasteiger charge is -2.36. The van der Waals surface area contributed by atoms with Gasteiger partial charge >= 0.3 is 11.8 Å². The monoisotopic (exact) mass is 446 g/mol. The smallest absolute Gasteiger partial charge is 0.313 e. The number of aryl methyl sites for hydroxylation is 1. The highest BCUT2D eigenvalue weighted by Gasteiger charge is 2.27. The Morgan fingerprint density at radius 3 is 2.64 bits per heavy atom. The highest BCUT2D eigenvalue weighted by molar-refractivity contribution is 6.39. The highest BCUT2D eigenvalue weighted by Crippen LogP contribution is 2.34. The van der Waals surface area contributed by atoms with E-state index in [9.17, 15) is 9.59 Å². The van der Waals surface area contributed by atoms with Crippen LogP contribution in [0, 0.1) is 0 Å². The van der Waals surface area contributed by atoms with Crippen molar-refractivity contribution < 1.29 is 19.1 Å². The van der Waals surface area contributed by atoms with Crippen LogP contribution in [0.25, 0.3) is 0 Å². The second kappa shape index (κ2) is 8.99. The summed E-state index contributed by atoms with van der Waals surface area (Å²) in [7, 11) is 1.99. The Labute approximate surface area is 192 Å². The Balaban J connectivity index is 1.26. The number of amides is 2. The minimum Gasteiger partial charge on any atom is -0.454 e. The first-order valence-electron chi connectivity index (χ1n) is 11.0. The molecule has 0 aliphatic carbocycles. The summed E-state index contributed by atoms with van der Waals surface area (Å²) >= 11 is 0. The number of hydrogen-bond acceptors (Lipinski definition) is 5. The molecule has 0 unspecified atom stereocenters. The Hall–Kier alpha value is -3.78. The van der Waals surface area contributed by atoms with E-state index in [2.05, 4.69) is 50.4 Å². The van der Waals surface area contributed by atoms with Gasteiger partial charge < -0.3 is 24.7 Å². The van der Waals surface area contributed by atoms with Crippen molar-refractivity contribution in [2.45, 2.75) is 19.0 Å². The third-order valence-electron chi connectivity index (χ3n) is 6.22. The molecule has 2 aliphatic heterocycles. The maximum absolute atomic E-state index is 12.6. The molecule has 0 saturated carbocycles. The molecule has 1 aromatic heterocycles. The predicted molar refractivity (Wildman–Crippen MR) is 123 cm³/mol. The summed E-state index contributed by atoms with van der Waals surface area (Å²) in [6.45, 7) is 2.15. The highest BCUT2D eigenvalue weighted by atomic mass is 16.7. The summed E-state index contributed by atoms with van der Waals surface area (Å²) in [5.41, 5.74) is 4.23. The van der Waals surface area contributed by atoms with Gasteiger partial charge in [-0.2, -0.15) is 0 Å². The van der Waals surface area contributed by atoms with Gasteiger partial charge in [0.15, 0.2) is 11.5 Å². The van der Waals surface area contributed by atoms with Gasteiger partial charge in [0.05, 0.1) is 6.04 Å². The summed E-state index contributed by atoms with van der Waals surface area (Å²) in [5.74, 6) is -0.235. The Morgan fingerprint density at radius 1 is 1.00 bits per heavy atom. The van der Waals surface area contributed by atoms with Crippen LogP contribution in [0.3, 0.4) is 0 Å². The fourth-order valence-corrected chi connectivity index (χ4v) is 4.46. The SMILES string of the molecule is Cn1cccc1[C@@H](CNC(=O)C(=O)Nc1ccc2c(c1)OCO2)N1CCc2ccccc2C1. The van der Waals surface area contributed by atoms with Crippen molar-refractivity contribution in [3.05, 3.63) is 77.6 Å². The minimum atomic E-state index is -0.719. The first-order chi connectivity index (χ1) is 16.1. The number of nitrogens with zero attached hydrogens (tertiary/aromatic N) is 2. The molecule has 8 heteroatoms. The Kier molecular flexibility index (Phi) is 5.75. The van der Waals surface area contributed by atoms with Crippen molar-refractivity contribution >= 4 is 17.5 Å². The van der Waals surface area contributed by atoms with Gasteiger partial charge in [0, 0.05) is 50.3 Å². The number of ether oxygens (including phenoxy) is 2. The first kappa shape index (κ1) is 21.1. The van der Waals surface area contributed by atoms with Crippen LogP contribution in [-0.4, -0.2) is 41.2 Å². The summed E-state index contributed by atoms with van der Waals surface area (Å²) in [5, 5.41) is 5.46. The first-order valence-corrected chi connectivity index (χ1v) is 11.0. The van der Waals surface area contributed by atoms with Crippen molar-refractivity contribution in [1.29, 1.82) is 0 Å². The van der Waals surface area contributed by atoms with Gasteiger partial charge in [-0.15, -0.1) is 0 Å². The number of carbonyl (C=O) groups excluding carboxylic acids is 2. The number of fused-ring (bicyclic) bond motifs is 2. The van der Waals surface area contributed by atoms with Gasteiger partial charge in [0.2, 0.25) is 6.79 Å². The van der Waals surface area contributed by atoms with Crippen LogP contribution in [0.2, 0.25) is 0 Å². The maximum atomic E-state index is 12.6. The molecule has 170 valence electrons. The largest absolute Gasteiger partial charge is 0.454 e. The zero-order valence-electron chi connectivity index (χ0n) is 18.4. The normalized spacial score (nSPS) is 15.5. The van der Waals surface area contributed by atoms with Crippen molar-refractivity contribution in [3.63, 3.8) is 0 Å². The van der Waals surface area contributed by atoms with E-state index in [0.717, 1.165) is 25.2 Å². The van der Waals surface area contributed by atoms with Crippen LogP contribution in [0.1, 0.15) is 22.9 Å². The van der Waals surface area contributed by atoms with Crippen molar-refractivity contribution in [2.75, 3.05) is 25.2 Å². The van der Waals surface area contributed by atoms with Gasteiger partial charge in [-0.3, -0.25) is 14.5 Å². The molecule has 33 heavy (non-hydrogen) atoms. The van der Waals surface area contributed by atoms with E-state index in [1.165, 1.54) is 11.1 Å². The van der Waals surface area contributed by atoms with Crippen molar-refractivity contribution in [2.24, 2.45) is 7.05 Å². The van der Waals surface area contributed by atoms with Crippen LogP contribution in [0.4, 0.5) is 5.69 Å². The molecule has 0 spiro atoms. The zero-order chi connectivity index (χ0) is 22.8. The molecule has 2 aromatic carbocycles. The maximum Gasteiger partial charge on any atom is 0.313 e. The molecule has 0 saturated heterocycles. The average molecular weight is 447 g/mol. The Bertz CT molecular complexity index is 1190. The van der Waals surface area contributed by atoms with E-state index in [0.29, 0.717) is 23.7 Å². The quantitative estimate of drug-likeness (QED) is 0.589. The fraction of sp³-hybridized carbons (Fsp3) is 0.280. The predicted octanol–water partition coefficient (Wildman–Crippen LogP) is 2.61. The lowest BCUT2D eigenvalue weighted by Crippen LogP contribution is -2.44. The number of anilines is 1. The molecule has 1 atom stereocenters. The average Bonchev–Trinajstić information content (AvgIpc) is 3.47. The Morgan fingerprint density at radius 2 is 1.82 bits per heavy atom. The molecule has 2 aliphatic rings. The molecule has 3 aromatic rings. The molecular weight excluding hydrogens is 420 g/mol. The minimum absolute atomic E-state index is 0.0550. The molecule has 2 amide bonds. The van der Waals surface area contributed by atoms with Gasteiger partial charge in [-0.05, 0) is 41.8 Å². The van der Waals surface area contributed by atoms with E-state index in [1.807, 2.05) is 19.3 Å². The molecule has 3 heterocycles. The summed E-state index contributed by atoms with van der Waals surface area (Å²) in [4.78, 5) is 27.5. The molecule has 0 radical (unpaired) electrons. The lowest BCUT2D eigenvalue weighted by molar-refractivity contribution is -0.136. The second-order valence-electron chi connectivity index (χ2n) is 8.28. The standard InChI is InChI=1S/C25H26N4O4/c1-28-11-4-7-20(28)21(29-12-10-17-5-2-3-6-18(17)15-29)14-26-24(30)25(31)27-19-8-9-22-23(13-19)33-16-32-22/h2-9,11,13,21H,10,12,14-16H2,1H3,(H,26,30)(H,27,31)/t21-/m1/s1. The lowest BCUT2D eigenvalue weighted by atomic mass is 9.98. The van der Waals surface area contributed by atoms with E-state index in [-0.39, 0.29) is 12.8 Å². The van der Waals surface area contributed by atoms with Crippen molar-refractivity contribution in [1.82, 2.24) is 14.8 Å². The van der Waals surface area contributed by atoms with E-state index >= 15 is 0 Å². The number of carbonyl (C=O) groups is 2. The van der Waals surface area contributed by atoms with Gasteiger partial charge in [-0.1, -0.05) is 24.3 Å². The van der Waals surface area contributed by atoms with E-state index < -0.39 is 11.8 Å². The third kappa shape index (κ3) is 4.42. The molecule has 2 N–H and O–H groups in total. The van der Waals surface area contributed by atoms with Gasteiger partial charge in [-0.25, -0.2) is 0 Å². The van der Waals surface area contributed by atoms with Crippen LogP contribution in [-0.2, 0) is 29.6 Å². The van der Waals surface area contributed by atoms with Gasteiger partial charge in [0.25, 0.3) is 0 Å². The molecule has 5 rings (SSSR count). The fourth-order valence-electron chi connectivity index (χ4n) is 4.46. The third-order valence-corrected chi connectivity index (χ3v) is 6.22. The number of hydrogen-bond donors (Lipinski definition) is 2. The molecule has 8 nitrogen and oxygen atoms in total. The van der Waals surface area contributed by atoms with Gasteiger partial charge in [0.1, 0.15) is 0 Å². The van der Waals surface area contributed by atoms with E-state index in [4.69, 9.17) is 9.47 Å². The number of aromatic nitrogens is 1. The van der Waals surface area contributed by atoms with E-state index in [1.54, 1.807) is 18.2 Å². The zero-order valence-corrected chi connectivity index (χ0v) is 18.4. The molecular formula is C25H26N4O4. The summed E-state index contributed by atoms with van der Waals surface area (Å²) < 4.78 is 12.7. The number of benzene rings is 2. The van der Waals surface area contributed by atoms with Crippen LogP contribution >= 0.6 is 0 Å². The molecule has 0 fully saturated rings. The summed E-state index contributed by atoms with van der Waals surface area (Å²) in [6, 6.07) is 17.5. The van der Waals surface area contributed by atoms with Crippen LogP contribution < -0.4 is 20.1 Å².